The van der Waals surface area contributed by atoms with E-state index < -0.39 is 0 Å². The average molecular weight is 231 g/mol. The summed E-state index contributed by atoms with van der Waals surface area (Å²) in [6, 6.07) is 6.16. The zero-order valence-electron chi connectivity index (χ0n) is 10.0. The monoisotopic (exact) mass is 231 g/mol. The highest BCUT2D eigenvalue weighted by molar-refractivity contribution is 5.75. The fraction of sp³-hybridized carbons (Fsp3) is 0.385. The van der Waals surface area contributed by atoms with Crippen LogP contribution in [0, 0.1) is 0 Å². The SMILES string of the molecule is COc1cnc2cc(CCCCN)ccc2n1. The van der Waals surface area contributed by atoms with Crippen LogP contribution < -0.4 is 10.5 Å². The fourth-order valence-corrected chi connectivity index (χ4v) is 1.77. The maximum absolute atomic E-state index is 5.48. The van der Waals surface area contributed by atoms with E-state index in [4.69, 9.17) is 10.5 Å². The van der Waals surface area contributed by atoms with E-state index in [0.29, 0.717) is 5.88 Å². The van der Waals surface area contributed by atoms with Gasteiger partial charge in [-0.05, 0) is 43.5 Å². The van der Waals surface area contributed by atoms with Crippen molar-refractivity contribution in [2.45, 2.75) is 19.3 Å². The summed E-state index contributed by atoms with van der Waals surface area (Å²) in [5.41, 5.74) is 8.54. The van der Waals surface area contributed by atoms with Crippen molar-refractivity contribution in [1.82, 2.24) is 9.97 Å². The number of benzene rings is 1. The van der Waals surface area contributed by atoms with Gasteiger partial charge >= 0.3 is 0 Å². The lowest BCUT2D eigenvalue weighted by molar-refractivity contribution is 0.397. The van der Waals surface area contributed by atoms with E-state index >= 15 is 0 Å². The molecule has 0 aliphatic rings. The van der Waals surface area contributed by atoms with Crippen molar-refractivity contribution in [3.8, 4) is 5.88 Å². The number of hydrogen-bond donors (Lipinski definition) is 1. The van der Waals surface area contributed by atoms with Crippen LogP contribution in [0.1, 0.15) is 18.4 Å². The highest BCUT2D eigenvalue weighted by atomic mass is 16.5. The number of nitrogens with zero attached hydrogens (tertiary/aromatic N) is 2. The van der Waals surface area contributed by atoms with E-state index in [-0.39, 0.29) is 0 Å². The van der Waals surface area contributed by atoms with Gasteiger partial charge in [0, 0.05) is 0 Å². The highest BCUT2D eigenvalue weighted by Crippen LogP contribution is 2.16. The molecule has 0 atom stereocenters. The zero-order valence-corrected chi connectivity index (χ0v) is 10.0. The van der Waals surface area contributed by atoms with Crippen LogP contribution in [0.15, 0.2) is 24.4 Å². The third-order valence-corrected chi connectivity index (χ3v) is 2.71. The minimum atomic E-state index is 0.549. The van der Waals surface area contributed by atoms with Gasteiger partial charge in [-0.15, -0.1) is 0 Å². The number of methoxy groups -OCH3 is 1. The number of ether oxygens (including phenoxy) is 1. The smallest absolute Gasteiger partial charge is 0.232 e. The molecular formula is C13H17N3O. The summed E-state index contributed by atoms with van der Waals surface area (Å²) in [5.74, 6) is 0.549. The molecule has 2 N–H and O–H groups in total. The molecule has 0 aliphatic heterocycles. The molecule has 2 aromatic rings. The van der Waals surface area contributed by atoms with Crippen LogP contribution in [0.3, 0.4) is 0 Å². The number of aromatic nitrogens is 2. The summed E-state index contributed by atoms with van der Waals surface area (Å²) in [6.45, 7) is 0.755. The molecule has 0 unspecified atom stereocenters. The van der Waals surface area contributed by atoms with Crippen molar-refractivity contribution in [3.63, 3.8) is 0 Å². The Morgan fingerprint density at radius 3 is 2.88 bits per heavy atom. The molecule has 0 bridgehead atoms. The molecule has 4 heteroatoms. The number of nitrogens with two attached hydrogens (primary N) is 1. The lowest BCUT2D eigenvalue weighted by Gasteiger charge is -2.04. The van der Waals surface area contributed by atoms with Crippen molar-refractivity contribution < 1.29 is 4.74 Å². The lowest BCUT2D eigenvalue weighted by Crippen LogP contribution is -1.99. The Labute approximate surface area is 101 Å². The Hall–Kier alpha value is -1.68. The molecule has 0 saturated heterocycles. The van der Waals surface area contributed by atoms with Gasteiger partial charge in [0.2, 0.25) is 5.88 Å². The minimum absolute atomic E-state index is 0.549. The first-order valence-electron chi connectivity index (χ1n) is 5.83. The van der Waals surface area contributed by atoms with Crippen molar-refractivity contribution in [1.29, 1.82) is 0 Å². The second kappa shape index (κ2) is 5.59. The van der Waals surface area contributed by atoms with Crippen molar-refractivity contribution in [3.05, 3.63) is 30.0 Å². The van der Waals surface area contributed by atoms with E-state index in [9.17, 15) is 0 Å². The van der Waals surface area contributed by atoms with Gasteiger partial charge in [0.1, 0.15) is 0 Å². The molecule has 0 saturated carbocycles. The number of fused-ring (bicyclic) bond motifs is 1. The maximum atomic E-state index is 5.48. The molecular weight excluding hydrogens is 214 g/mol. The predicted molar refractivity (Wildman–Crippen MR) is 68.1 cm³/mol. The first-order valence-corrected chi connectivity index (χ1v) is 5.83. The standard InChI is InChI=1S/C13H17N3O/c1-17-13-9-15-12-8-10(4-2-3-7-14)5-6-11(12)16-13/h5-6,8-9H,2-4,7,14H2,1H3. The van der Waals surface area contributed by atoms with Gasteiger partial charge in [-0.1, -0.05) is 6.07 Å². The summed E-state index contributed by atoms with van der Waals surface area (Å²) in [4.78, 5) is 8.66. The highest BCUT2D eigenvalue weighted by Gasteiger charge is 2.01. The topological polar surface area (TPSA) is 61.0 Å². The van der Waals surface area contributed by atoms with Gasteiger partial charge in [-0.2, -0.15) is 0 Å². The molecule has 1 aromatic carbocycles. The molecule has 0 fully saturated rings. The van der Waals surface area contributed by atoms with Crippen LogP contribution >= 0.6 is 0 Å². The fourth-order valence-electron chi connectivity index (χ4n) is 1.77. The Morgan fingerprint density at radius 2 is 2.12 bits per heavy atom. The molecule has 0 spiro atoms. The normalized spacial score (nSPS) is 10.7. The van der Waals surface area contributed by atoms with Gasteiger partial charge in [0.25, 0.3) is 0 Å². The summed E-state index contributed by atoms with van der Waals surface area (Å²) in [5, 5.41) is 0. The van der Waals surface area contributed by atoms with E-state index in [0.717, 1.165) is 36.8 Å². The van der Waals surface area contributed by atoms with Crippen molar-refractivity contribution in [2.75, 3.05) is 13.7 Å². The molecule has 0 aliphatic carbocycles. The van der Waals surface area contributed by atoms with Crippen LogP contribution in [-0.4, -0.2) is 23.6 Å². The summed E-state index contributed by atoms with van der Waals surface area (Å²) in [7, 11) is 1.59. The maximum Gasteiger partial charge on any atom is 0.232 e. The largest absolute Gasteiger partial charge is 0.480 e. The Balaban J connectivity index is 2.19. The Morgan fingerprint density at radius 1 is 1.24 bits per heavy atom. The molecule has 90 valence electrons. The number of aryl methyl sites for hydroxylation is 1. The van der Waals surface area contributed by atoms with Crippen LogP contribution in [0.4, 0.5) is 0 Å². The number of rotatable bonds is 5. The summed E-state index contributed by atoms with van der Waals surface area (Å²) >= 11 is 0. The third-order valence-electron chi connectivity index (χ3n) is 2.71. The van der Waals surface area contributed by atoms with E-state index in [1.807, 2.05) is 6.07 Å². The van der Waals surface area contributed by atoms with Crippen LogP contribution in [-0.2, 0) is 6.42 Å². The minimum Gasteiger partial charge on any atom is -0.480 e. The van der Waals surface area contributed by atoms with Gasteiger partial charge in [-0.3, -0.25) is 0 Å². The van der Waals surface area contributed by atoms with Crippen molar-refractivity contribution in [2.24, 2.45) is 5.73 Å². The molecule has 0 radical (unpaired) electrons. The second-order valence-corrected chi connectivity index (χ2v) is 3.98. The second-order valence-electron chi connectivity index (χ2n) is 3.98. The average Bonchev–Trinajstić information content (AvgIpc) is 2.38. The van der Waals surface area contributed by atoms with E-state index in [1.54, 1.807) is 13.3 Å². The van der Waals surface area contributed by atoms with Crippen molar-refractivity contribution >= 4 is 11.0 Å². The predicted octanol–water partition coefficient (Wildman–Crippen LogP) is 1.92. The van der Waals surface area contributed by atoms with Crippen LogP contribution in [0.25, 0.3) is 11.0 Å². The molecule has 4 nitrogen and oxygen atoms in total. The van der Waals surface area contributed by atoms with Gasteiger partial charge in [0.15, 0.2) is 0 Å². The third kappa shape index (κ3) is 2.91. The molecule has 1 heterocycles. The van der Waals surface area contributed by atoms with E-state index in [2.05, 4.69) is 22.1 Å². The van der Waals surface area contributed by atoms with Gasteiger partial charge < -0.3 is 10.5 Å². The molecule has 1 aromatic heterocycles. The molecule has 2 rings (SSSR count). The Kier molecular flexibility index (Phi) is 3.88. The lowest BCUT2D eigenvalue weighted by atomic mass is 10.1. The van der Waals surface area contributed by atoms with Crippen LogP contribution in [0.5, 0.6) is 5.88 Å². The zero-order chi connectivity index (χ0) is 12.1. The molecule has 17 heavy (non-hydrogen) atoms. The van der Waals surface area contributed by atoms with Gasteiger partial charge in [-0.25, -0.2) is 9.97 Å². The van der Waals surface area contributed by atoms with Gasteiger partial charge in [0.05, 0.1) is 24.3 Å². The number of unbranched alkanes of at least 4 members (excludes halogenated alkanes) is 1. The molecule has 0 amide bonds. The quantitative estimate of drug-likeness (QED) is 0.799. The summed E-state index contributed by atoms with van der Waals surface area (Å²) < 4.78 is 5.04. The Bertz CT molecular complexity index is 499. The summed E-state index contributed by atoms with van der Waals surface area (Å²) in [6.07, 6.45) is 4.87. The number of hydrogen-bond acceptors (Lipinski definition) is 4. The van der Waals surface area contributed by atoms with E-state index in [1.165, 1.54) is 5.56 Å². The first-order chi connectivity index (χ1) is 8.33. The first kappa shape index (κ1) is 11.8. The van der Waals surface area contributed by atoms with Crippen LogP contribution in [0.2, 0.25) is 0 Å².